The number of nitrogens with zero attached hydrogens (tertiary/aromatic N) is 1. The minimum absolute atomic E-state index is 0. The Hall–Kier alpha value is -2.10. The van der Waals surface area contributed by atoms with Crippen LogP contribution in [0.2, 0.25) is 0 Å². The van der Waals surface area contributed by atoms with Crippen LogP contribution in [0.4, 0.5) is 8.78 Å². The summed E-state index contributed by atoms with van der Waals surface area (Å²) in [5.74, 6) is 1.03. The van der Waals surface area contributed by atoms with Gasteiger partial charge in [0.05, 0.1) is 13.2 Å². The SMILES string of the molecule is CN=C(NCc1ccc2c(c1)OCCCO2)NCc1cc(F)ccc1F.I. The molecule has 2 N–H and O–H groups in total. The Bertz CT molecular complexity index is 803. The molecule has 0 saturated heterocycles. The van der Waals surface area contributed by atoms with Crippen molar-refractivity contribution in [3.8, 4) is 11.5 Å². The predicted octanol–water partition coefficient (Wildman–Crippen LogP) is 3.61. The van der Waals surface area contributed by atoms with Crippen LogP contribution in [-0.4, -0.2) is 26.2 Å². The topological polar surface area (TPSA) is 54.9 Å². The molecular weight excluding hydrogens is 467 g/mol. The van der Waals surface area contributed by atoms with Crippen LogP contribution >= 0.6 is 24.0 Å². The van der Waals surface area contributed by atoms with Crippen molar-refractivity contribution in [1.29, 1.82) is 0 Å². The molecule has 0 amide bonds. The van der Waals surface area contributed by atoms with E-state index in [0.29, 0.717) is 25.7 Å². The van der Waals surface area contributed by atoms with Crippen molar-refractivity contribution in [3.63, 3.8) is 0 Å². The Kier molecular flexibility index (Phi) is 8.08. The van der Waals surface area contributed by atoms with Gasteiger partial charge in [-0.05, 0) is 35.9 Å². The van der Waals surface area contributed by atoms with Gasteiger partial charge in [-0.15, -0.1) is 24.0 Å². The molecule has 5 nitrogen and oxygen atoms in total. The first-order valence-electron chi connectivity index (χ1n) is 8.42. The summed E-state index contributed by atoms with van der Waals surface area (Å²) >= 11 is 0. The van der Waals surface area contributed by atoms with Crippen molar-refractivity contribution in [2.45, 2.75) is 19.5 Å². The van der Waals surface area contributed by atoms with Crippen LogP contribution in [0.25, 0.3) is 0 Å². The molecule has 0 saturated carbocycles. The van der Waals surface area contributed by atoms with Crippen molar-refractivity contribution in [1.82, 2.24) is 10.6 Å². The fourth-order valence-corrected chi connectivity index (χ4v) is 2.58. The van der Waals surface area contributed by atoms with Crippen molar-refractivity contribution in [2.75, 3.05) is 20.3 Å². The number of nitrogens with one attached hydrogen (secondary N) is 2. The molecule has 146 valence electrons. The molecule has 0 bridgehead atoms. The molecule has 1 aliphatic heterocycles. The third-order valence-electron chi connectivity index (χ3n) is 3.95. The van der Waals surface area contributed by atoms with Gasteiger partial charge < -0.3 is 20.1 Å². The summed E-state index contributed by atoms with van der Waals surface area (Å²) in [5, 5.41) is 6.11. The van der Waals surface area contributed by atoms with E-state index in [-0.39, 0.29) is 36.1 Å². The summed E-state index contributed by atoms with van der Waals surface area (Å²) in [5.41, 5.74) is 1.23. The number of guanidine groups is 1. The number of fused-ring (bicyclic) bond motifs is 1. The molecule has 3 rings (SSSR count). The average Bonchev–Trinajstić information content (AvgIpc) is 2.89. The highest BCUT2D eigenvalue weighted by atomic mass is 127. The van der Waals surface area contributed by atoms with Gasteiger partial charge in [-0.1, -0.05) is 6.07 Å². The number of halogens is 3. The van der Waals surface area contributed by atoms with E-state index in [4.69, 9.17) is 9.47 Å². The summed E-state index contributed by atoms with van der Waals surface area (Å²) < 4.78 is 38.2. The van der Waals surface area contributed by atoms with Crippen molar-refractivity contribution in [3.05, 3.63) is 59.2 Å². The summed E-state index contributed by atoms with van der Waals surface area (Å²) in [4.78, 5) is 4.10. The fourth-order valence-electron chi connectivity index (χ4n) is 2.58. The van der Waals surface area contributed by atoms with Crippen LogP contribution in [0, 0.1) is 11.6 Å². The molecule has 8 heteroatoms. The number of benzene rings is 2. The first-order chi connectivity index (χ1) is 12.7. The number of aliphatic imine (C=N–C) groups is 1. The van der Waals surface area contributed by atoms with E-state index < -0.39 is 11.6 Å². The molecule has 0 spiro atoms. The highest BCUT2D eigenvalue weighted by Gasteiger charge is 2.11. The molecule has 0 unspecified atom stereocenters. The zero-order valence-electron chi connectivity index (χ0n) is 14.9. The van der Waals surface area contributed by atoms with Crippen LogP contribution in [-0.2, 0) is 13.1 Å². The molecule has 2 aromatic rings. The van der Waals surface area contributed by atoms with Gasteiger partial charge >= 0.3 is 0 Å². The van der Waals surface area contributed by atoms with E-state index >= 15 is 0 Å². The quantitative estimate of drug-likeness (QED) is 0.392. The zero-order valence-corrected chi connectivity index (χ0v) is 17.3. The normalized spacial score (nSPS) is 13.4. The Morgan fingerprint density at radius 3 is 2.52 bits per heavy atom. The highest BCUT2D eigenvalue weighted by Crippen LogP contribution is 2.30. The van der Waals surface area contributed by atoms with Gasteiger partial charge in [0.15, 0.2) is 17.5 Å². The summed E-state index contributed by atoms with van der Waals surface area (Å²) in [6.07, 6.45) is 0.857. The maximum atomic E-state index is 13.7. The lowest BCUT2D eigenvalue weighted by Crippen LogP contribution is -2.36. The van der Waals surface area contributed by atoms with E-state index in [1.165, 1.54) is 6.07 Å². The average molecular weight is 489 g/mol. The molecule has 2 aromatic carbocycles. The number of rotatable bonds is 4. The van der Waals surface area contributed by atoms with Gasteiger partial charge in [-0.25, -0.2) is 8.78 Å². The van der Waals surface area contributed by atoms with Gasteiger partial charge in [0.1, 0.15) is 11.6 Å². The molecular formula is C19H22F2IN3O2. The van der Waals surface area contributed by atoms with E-state index in [1.807, 2.05) is 18.2 Å². The minimum Gasteiger partial charge on any atom is -0.490 e. The summed E-state index contributed by atoms with van der Waals surface area (Å²) in [7, 11) is 1.62. The smallest absolute Gasteiger partial charge is 0.191 e. The zero-order chi connectivity index (χ0) is 18.4. The van der Waals surface area contributed by atoms with Gasteiger partial charge in [0.25, 0.3) is 0 Å². The monoisotopic (exact) mass is 489 g/mol. The van der Waals surface area contributed by atoms with Crippen LogP contribution in [0.3, 0.4) is 0 Å². The summed E-state index contributed by atoms with van der Waals surface area (Å²) in [6, 6.07) is 9.12. The van der Waals surface area contributed by atoms with Gasteiger partial charge in [0.2, 0.25) is 0 Å². The molecule has 0 aromatic heterocycles. The van der Waals surface area contributed by atoms with E-state index in [2.05, 4.69) is 15.6 Å². The Morgan fingerprint density at radius 1 is 1.00 bits per heavy atom. The largest absolute Gasteiger partial charge is 0.490 e. The van der Waals surface area contributed by atoms with E-state index in [9.17, 15) is 8.78 Å². The van der Waals surface area contributed by atoms with Crippen LogP contribution in [0.5, 0.6) is 11.5 Å². The maximum Gasteiger partial charge on any atom is 0.191 e. The molecule has 1 aliphatic rings. The minimum atomic E-state index is -0.474. The second-order valence-electron chi connectivity index (χ2n) is 5.85. The summed E-state index contributed by atoms with van der Waals surface area (Å²) in [6.45, 7) is 1.91. The Morgan fingerprint density at radius 2 is 1.74 bits per heavy atom. The first-order valence-corrected chi connectivity index (χ1v) is 8.42. The number of hydrogen-bond donors (Lipinski definition) is 2. The molecule has 0 aliphatic carbocycles. The fraction of sp³-hybridized carbons (Fsp3) is 0.316. The lowest BCUT2D eigenvalue weighted by atomic mass is 10.2. The van der Waals surface area contributed by atoms with Crippen molar-refractivity contribution < 1.29 is 18.3 Å². The van der Waals surface area contributed by atoms with E-state index in [0.717, 1.165) is 35.6 Å². The van der Waals surface area contributed by atoms with Crippen molar-refractivity contribution >= 4 is 29.9 Å². The molecule has 0 atom stereocenters. The standard InChI is InChI=1S/C19H21F2N3O2.HI/c1-22-19(24-12-14-10-15(20)4-5-16(14)21)23-11-13-3-6-17-18(9-13)26-8-2-7-25-17;/h3-6,9-10H,2,7-8,11-12H2,1H3,(H2,22,23,24);1H. The van der Waals surface area contributed by atoms with Crippen molar-refractivity contribution in [2.24, 2.45) is 4.99 Å². The van der Waals surface area contributed by atoms with Crippen LogP contribution < -0.4 is 20.1 Å². The first kappa shape index (κ1) is 21.2. The molecule has 0 radical (unpaired) electrons. The Labute approximate surface area is 174 Å². The number of hydrogen-bond acceptors (Lipinski definition) is 3. The third kappa shape index (κ3) is 5.95. The Balaban J connectivity index is 0.00000261. The molecule has 27 heavy (non-hydrogen) atoms. The predicted molar refractivity (Wildman–Crippen MR) is 111 cm³/mol. The molecule has 1 heterocycles. The van der Waals surface area contributed by atoms with Gasteiger partial charge in [-0.2, -0.15) is 0 Å². The second-order valence-corrected chi connectivity index (χ2v) is 5.85. The van der Waals surface area contributed by atoms with Crippen LogP contribution in [0.15, 0.2) is 41.4 Å². The van der Waals surface area contributed by atoms with Crippen LogP contribution in [0.1, 0.15) is 17.5 Å². The van der Waals surface area contributed by atoms with E-state index in [1.54, 1.807) is 7.05 Å². The third-order valence-corrected chi connectivity index (χ3v) is 3.95. The molecule has 0 fully saturated rings. The highest BCUT2D eigenvalue weighted by molar-refractivity contribution is 14.0. The number of ether oxygens (including phenoxy) is 2. The van der Waals surface area contributed by atoms with Gasteiger partial charge in [0, 0.05) is 32.1 Å². The second kappa shape index (κ2) is 10.3. The maximum absolute atomic E-state index is 13.7. The lowest BCUT2D eigenvalue weighted by molar-refractivity contribution is 0.297. The lowest BCUT2D eigenvalue weighted by Gasteiger charge is -2.14. The van der Waals surface area contributed by atoms with Gasteiger partial charge in [-0.3, -0.25) is 4.99 Å².